The van der Waals surface area contributed by atoms with Crippen LogP contribution in [-0.2, 0) is 4.79 Å². The first-order valence-corrected chi connectivity index (χ1v) is 6.22. The SMILES string of the molecule is COc1c(C)ccc(NC(=O)C2(N)CCC2)c1C. The van der Waals surface area contributed by atoms with Crippen molar-refractivity contribution in [2.24, 2.45) is 5.73 Å². The number of aryl methyl sites for hydroxylation is 1. The maximum Gasteiger partial charge on any atom is 0.244 e. The average Bonchev–Trinajstić information content (AvgIpc) is 2.30. The van der Waals surface area contributed by atoms with Crippen molar-refractivity contribution in [1.29, 1.82) is 0 Å². The molecule has 1 aliphatic rings. The van der Waals surface area contributed by atoms with Gasteiger partial charge in [-0.05, 0) is 44.7 Å². The van der Waals surface area contributed by atoms with Gasteiger partial charge < -0.3 is 15.8 Å². The number of benzene rings is 1. The van der Waals surface area contributed by atoms with Crippen molar-refractivity contribution in [1.82, 2.24) is 0 Å². The topological polar surface area (TPSA) is 64.3 Å². The van der Waals surface area contributed by atoms with E-state index in [9.17, 15) is 4.79 Å². The monoisotopic (exact) mass is 248 g/mol. The summed E-state index contributed by atoms with van der Waals surface area (Å²) in [5.41, 5.74) is 8.10. The van der Waals surface area contributed by atoms with E-state index in [2.05, 4.69) is 5.32 Å². The second-order valence-corrected chi connectivity index (χ2v) is 5.05. The lowest BCUT2D eigenvalue weighted by molar-refractivity contribution is -0.123. The van der Waals surface area contributed by atoms with Gasteiger partial charge >= 0.3 is 0 Å². The van der Waals surface area contributed by atoms with Crippen molar-refractivity contribution in [2.75, 3.05) is 12.4 Å². The van der Waals surface area contributed by atoms with Crippen LogP contribution in [0.1, 0.15) is 30.4 Å². The summed E-state index contributed by atoms with van der Waals surface area (Å²) in [5, 5.41) is 2.91. The number of nitrogens with two attached hydrogens (primary N) is 1. The van der Waals surface area contributed by atoms with Crippen LogP contribution in [0.2, 0.25) is 0 Å². The van der Waals surface area contributed by atoms with Crippen molar-refractivity contribution in [3.05, 3.63) is 23.3 Å². The van der Waals surface area contributed by atoms with Crippen molar-refractivity contribution < 1.29 is 9.53 Å². The van der Waals surface area contributed by atoms with E-state index in [1.54, 1.807) is 7.11 Å². The molecule has 98 valence electrons. The van der Waals surface area contributed by atoms with E-state index >= 15 is 0 Å². The molecule has 1 saturated carbocycles. The number of carbonyl (C=O) groups excluding carboxylic acids is 1. The van der Waals surface area contributed by atoms with E-state index in [0.717, 1.165) is 41.8 Å². The summed E-state index contributed by atoms with van der Waals surface area (Å²) in [4.78, 5) is 12.1. The number of amides is 1. The molecule has 0 saturated heterocycles. The second-order valence-electron chi connectivity index (χ2n) is 5.05. The van der Waals surface area contributed by atoms with E-state index in [-0.39, 0.29) is 5.91 Å². The largest absolute Gasteiger partial charge is 0.496 e. The van der Waals surface area contributed by atoms with Gasteiger partial charge in [0, 0.05) is 11.3 Å². The van der Waals surface area contributed by atoms with E-state index in [1.165, 1.54) is 0 Å². The molecule has 0 spiro atoms. The van der Waals surface area contributed by atoms with Crippen LogP contribution in [0.15, 0.2) is 12.1 Å². The molecule has 0 aliphatic heterocycles. The number of hydrogen-bond acceptors (Lipinski definition) is 3. The molecule has 4 nitrogen and oxygen atoms in total. The quantitative estimate of drug-likeness (QED) is 0.861. The lowest BCUT2D eigenvalue weighted by atomic mass is 9.77. The van der Waals surface area contributed by atoms with Crippen LogP contribution in [0.25, 0.3) is 0 Å². The maximum atomic E-state index is 12.1. The lowest BCUT2D eigenvalue weighted by Crippen LogP contribution is -2.56. The molecule has 0 atom stereocenters. The Morgan fingerprint density at radius 2 is 2.06 bits per heavy atom. The summed E-state index contributed by atoms with van der Waals surface area (Å²) in [6, 6.07) is 3.83. The van der Waals surface area contributed by atoms with Gasteiger partial charge in [-0.2, -0.15) is 0 Å². The van der Waals surface area contributed by atoms with Gasteiger partial charge in [-0.1, -0.05) is 6.07 Å². The Morgan fingerprint density at radius 3 is 2.56 bits per heavy atom. The van der Waals surface area contributed by atoms with Crippen LogP contribution in [0.3, 0.4) is 0 Å². The molecule has 1 fully saturated rings. The molecule has 2 rings (SSSR count). The van der Waals surface area contributed by atoms with Gasteiger partial charge in [0.2, 0.25) is 5.91 Å². The summed E-state index contributed by atoms with van der Waals surface area (Å²) in [6.45, 7) is 3.92. The normalized spacial score (nSPS) is 16.9. The van der Waals surface area contributed by atoms with Crippen LogP contribution in [0.4, 0.5) is 5.69 Å². The van der Waals surface area contributed by atoms with Crippen LogP contribution in [-0.4, -0.2) is 18.6 Å². The standard InChI is InChI=1S/C14H20N2O2/c1-9-5-6-11(10(2)12(9)18-3)16-13(17)14(15)7-4-8-14/h5-6H,4,7-8,15H2,1-3H3,(H,16,17). The Hall–Kier alpha value is -1.55. The van der Waals surface area contributed by atoms with Crippen LogP contribution in [0.5, 0.6) is 5.75 Å². The van der Waals surface area contributed by atoms with Crippen LogP contribution in [0, 0.1) is 13.8 Å². The Morgan fingerprint density at radius 1 is 1.39 bits per heavy atom. The number of rotatable bonds is 3. The van der Waals surface area contributed by atoms with Gasteiger partial charge in [-0.25, -0.2) is 0 Å². The lowest BCUT2D eigenvalue weighted by Gasteiger charge is -2.36. The van der Waals surface area contributed by atoms with E-state index in [0.29, 0.717) is 0 Å². The Labute approximate surface area is 108 Å². The van der Waals surface area contributed by atoms with Gasteiger partial charge in [-0.3, -0.25) is 4.79 Å². The minimum Gasteiger partial charge on any atom is -0.496 e. The predicted octanol–water partition coefficient (Wildman–Crippen LogP) is 2.13. The molecule has 1 amide bonds. The fraction of sp³-hybridized carbons (Fsp3) is 0.500. The highest BCUT2D eigenvalue weighted by atomic mass is 16.5. The summed E-state index contributed by atoms with van der Waals surface area (Å²) < 4.78 is 5.34. The molecule has 0 radical (unpaired) electrons. The average molecular weight is 248 g/mol. The van der Waals surface area contributed by atoms with Gasteiger partial charge in [-0.15, -0.1) is 0 Å². The molecule has 3 N–H and O–H groups in total. The van der Waals surface area contributed by atoms with Gasteiger partial charge in [0.05, 0.1) is 12.6 Å². The Kier molecular flexibility index (Phi) is 3.30. The highest BCUT2D eigenvalue weighted by Crippen LogP contribution is 2.33. The first kappa shape index (κ1) is 12.9. The maximum absolute atomic E-state index is 12.1. The summed E-state index contributed by atoms with van der Waals surface area (Å²) in [7, 11) is 1.64. The highest BCUT2D eigenvalue weighted by Gasteiger charge is 2.40. The number of carbonyl (C=O) groups is 1. The first-order chi connectivity index (χ1) is 8.48. The number of anilines is 1. The number of methoxy groups -OCH3 is 1. The van der Waals surface area contributed by atoms with Gasteiger partial charge in [0.15, 0.2) is 0 Å². The van der Waals surface area contributed by atoms with Crippen molar-refractivity contribution in [3.63, 3.8) is 0 Å². The summed E-state index contributed by atoms with van der Waals surface area (Å²) in [5.74, 6) is 0.718. The molecule has 0 unspecified atom stereocenters. The molecule has 0 bridgehead atoms. The molecule has 18 heavy (non-hydrogen) atoms. The summed E-state index contributed by atoms with van der Waals surface area (Å²) >= 11 is 0. The predicted molar refractivity (Wildman–Crippen MR) is 71.9 cm³/mol. The third kappa shape index (κ3) is 2.08. The molecular formula is C14H20N2O2. The van der Waals surface area contributed by atoms with Crippen LogP contribution < -0.4 is 15.8 Å². The molecule has 1 aliphatic carbocycles. The van der Waals surface area contributed by atoms with Crippen LogP contribution >= 0.6 is 0 Å². The van der Waals surface area contributed by atoms with Crippen molar-refractivity contribution >= 4 is 11.6 Å². The smallest absolute Gasteiger partial charge is 0.244 e. The fourth-order valence-electron chi connectivity index (χ4n) is 2.31. The second kappa shape index (κ2) is 4.61. The van der Waals surface area contributed by atoms with Crippen molar-refractivity contribution in [2.45, 2.75) is 38.6 Å². The van der Waals surface area contributed by atoms with Gasteiger partial charge in [0.25, 0.3) is 0 Å². The van der Waals surface area contributed by atoms with E-state index in [1.807, 2.05) is 26.0 Å². The third-order valence-corrected chi connectivity index (χ3v) is 3.75. The molecule has 1 aromatic rings. The number of ether oxygens (including phenoxy) is 1. The zero-order chi connectivity index (χ0) is 13.3. The van der Waals surface area contributed by atoms with Gasteiger partial charge in [0.1, 0.15) is 5.75 Å². The molecular weight excluding hydrogens is 228 g/mol. The summed E-state index contributed by atoms with van der Waals surface area (Å²) in [6.07, 6.45) is 2.56. The Bertz CT molecular complexity index is 479. The number of nitrogens with one attached hydrogen (secondary N) is 1. The zero-order valence-electron chi connectivity index (χ0n) is 11.2. The molecule has 1 aromatic carbocycles. The Balaban J connectivity index is 2.22. The minimum absolute atomic E-state index is 0.0947. The minimum atomic E-state index is -0.676. The fourth-order valence-corrected chi connectivity index (χ4v) is 2.31. The molecule has 4 heteroatoms. The molecule has 0 heterocycles. The van der Waals surface area contributed by atoms with E-state index in [4.69, 9.17) is 10.5 Å². The third-order valence-electron chi connectivity index (χ3n) is 3.75. The van der Waals surface area contributed by atoms with Crippen molar-refractivity contribution in [3.8, 4) is 5.75 Å². The highest BCUT2D eigenvalue weighted by molar-refractivity contribution is 5.99. The first-order valence-electron chi connectivity index (χ1n) is 6.22. The molecule has 0 aromatic heterocycles. The zero-order valence-corrected chi connectivity index (χ0v) is 11.2. The van der Waals surface area contributed by atoms with E-state index < -0.39 is 5.54 Å². The number of hydrogen-bond donors (Lipinski definition) is 2.